The summed E-state index contributed by atoms with van der Waals surface area (Å²) >= 11 is 5.68. The van der Waals surface area contributed by atoms with E-state index in [4.69, 9.17) is 11.6 Å². The van der Waals surface area contributed by atoms with Gasteiger partial charge in [0.05, 0.1) is 11.8 Å². The van der Waals surface area contributed by atoms with Gasteiger partial charge in [0.2, 0.25) is 0 Å². The van der Waals surface area contributed by atoms with Crippen molar-refractivity contribution in [2.75, 3.05) is 5.88 Å². The first-order valence-electron chi connectivity index (χ1n) is 7.67. The van der Waals surface area contributed by atoms with Crippen LogP contribution in [0.15, 0.2) is 29.3 Å². The van der Waals surface area contributed by atoms with Crippen LogP contribution >= 0.6 is 11.6 Å². The Bertz CT molecular complexity index is 899. The van der Waals surface area contributed by atoms with Gasteiger partial charge in [0.25, 0.3) is 5.91 Å². The van der Waals surface area contributed by atoms with Gasteiger partial charge in [-0.3, -0.25) is 19.6 Å². The number of H-pyrrole nitrogens is 1. The molecule has 1 aliphatic heterocycles. The van der Waals surface area contributed by atoms with E-state index in [2.05, 4.69) is 25.5 Å². The second-order valence-electron chi connectivity index (χ2n) is 5.58. The van der Waals surface area contributed by atoms with E-state index in [-0.39, 0.29) is 24.0 Å². The van der Waals surface area contributed by atoms with E-state index in [1.165, 1.54) is 12.4 Å². The summed E-state index contributed by atoms with van der Waals surface area (Å²) in [5.74, 6) is -0.0869. The van der Waals surface area contributed by atoms with E-state index in [9.17, 15) is 9.59 Å². The second-order valence-corrected chi connectivity index (χ2v) is 5.95. The summed E-state index contributed by atoms with van der Waals surface area (Å²) in [7, 11) is 0. The molecule has 0 spiro atoms. The molecule has 0 unspecified atom stereocenters. The number of Topliss-reactive ketones (excluding diaryl/α,β-unsaturated/α-hetero) is 1. The van der Waals surface area contributed by atoms with Crippen LogP contribution in [0.1, 0.15) is 39.4 Å². The number of nitrogens with one attached hydrogen (secondary N) is 2. The normalized spacial score (nSPS) is 15.4. The molecule has 7 nitrogen and oxygen atoms in total. The highest BCUT2D eigenvalue weighted by molar-refractivity contribution is 6.32. The van der Waals surface area contributed by atoms with E-state index >= 15 is 0 Å². The molecule has 1 aliphatic rings. The molecule has 128 valence electrons. The zero-order valence-electron chi connectivity index (χ0n) is 13.8. The number of hydrogen-bond acceptors (Lipinski definition) is 5. The van der Waals surface area contributed by atoms with Crippen molar-refractivity contribution < 1.29 is 9.59 Å². The van der Waals surface area contributed by atoms with Gasteiger partial charge >= 0.3 is 0 Å². The average Bonchev–Trinajstić information content (AvgIpc) is 3.09. The maximum absolute atomic E-state index is 12.2. The zero-order chi connectivity index (χ0) is 18.0. The highest BCUT2D eigenvalue weighted by Gasteiger charge is 2.26. The molecule has 0 saturated carbocycles. The van der Waals surface area contributed by atoms with Gasteiger partial charge in [-0.25, -0.2) is 5.43 Å². The van der Waals surface area contributed by atoms with E-state index in [0.717, 1.165) is 11.3 Å². The van der Waals surface area contributed by atoms with Crippen LogP contribution in [-0.4, -0.2) is 38.2 Å². The average molecular weight is 358 g/mol. The third-order valence-electron chi connectivity index (χ3n) is 3.94. The van der Waals surface area contributed by atoms with Crippen LogP contribution < -0.4 is 5.43 Å². The summed E-state index contributed by atoms with van der Waals surface area (Å²) in [5.41, 5.74) is 6.52. The first-order valence-corrected chi connectivity index (χ1v) is 8.21. The molecule has 0 fully saturated rings. The van der Waals surface area contributed by atoms with Crippen molar-refractivity contribution in [1.29, 1.82) is 0 Å². The highest BCUT2D eigenvalue weighted by atomic mass is 35.5. The summed E-state index contributed by atoms with van der Waals surface area (Å²) in [6, 6.07) is 0. The predicted octanol–water partition coefficient (Wildman–Crippen LogP) is 2.15. The molecule has 0 atom stereocenters. The van der Waals surface area contributed by atoms with E-state index in [1.807, 2.05) is 13.8 Å². The summed E-state index contributed by atoms with van der Waals surface area (Å²) in [5, 5.41) is 4.04. The van der Waals surface area contributed by atoms with Crippen molar-refractivity contribution in [2.24, 2.45) is 5.10 Å². The third-order valence-corrected chi connectivity index (χ3v) is 4.13. The van der Waals surface area contributed by atoms with Crippen LogP contribution in [0.2, 0.25) is 0 Å². The molecule has 2 N–H and O–H groups in total. The Kier molecular flexibility index (Phi) is 4.76. The SMILES string of the molecule is Cc1[nH]c(/C=C2/C(=O)NN=C2c2cnccn2)c(C)c1C(=O)CCCl. The Hall–Kier alpha value is -2.80. The Morgan fingerprint density at radius 2 is 2.12 bits per heavy atom. The molecule has 0 aromatic carbocycles. The Morgan fingerprint density at radius 3 is 2.80 bits per heavy atom. The van der Waals surface area contributed by atoms with Crippen LogP contribution in [0.25, 0.3) is 6.08 Å². The van der Waals surface area contributed by atoms with Crippen molar-refractivity contribution in [1.82, 2.24) is 20.4 Å². The molecule has 3 heterocycles. The number of nitrogens with zero attached hydrogens (tertiary/aromatic N) is 3. The summed E-state index contributed by atoms with van der Waals surface area (Å²) in [6.07, 6.45) is 6.56. The number of amides is 1. The largest absolute Gasteiger partial charge is 0.358 e. The molecule has 25 heavy (non-hydrogen) atoms. The fraction of sp³-hybridized carbons (Fsp3) is 0.235. The summed E-state index contributed by atoms with van der Waals surface area (Å²) < 4.78 is 0. The van der Waals surface area contributed by atoms with Gasteiger partial charge in [0.1, 0.15) is 11.4 Å². The Labute approximate surface area is 149 Å². The molecular weight excluding hydrogens is 342 g/mol. The number of aromatic nitrogens is 3. The van der Waals surface area contributed by atoms with Gasteiger partial charge < -0.3 is 4.98 Å². The second kappa shape index (κ2) is 6.98. The summed E-state index contributed by atoms with van der Waals surface area (Å²) in [4.78, 5) is 35.7. The number of carbonyl (C=O) groups excluding carboxylic acids is 2. The molecule has 8 heteroatoms. The topological polar surface area (TPSA) is 100 Å². The predicted molar refractivity (Wildman–Crippen MR) is 94.6 cm³/mol. The maximum Gasteiger partial charge on any atom is 0.273 e. The number of rotatable bonds is 5. The van der Waals surface area contributed by atoms with Gasteiger partial charge in [-0.05, 0) is 25.5 Å². The lowest BCUT2D eigenvalue weighted by atomic mass is 10.0. The Morgan fingerprint density at radius 1 is 1.32 bits per heavy atom. The molecule has 0 aliphatic carbocycles. The van der Waals surface area contributed by atoms with Crippen LogP contribution in [0.5, 0.6) is 0 Å². The number of halogens is 1. The molecule has 0 saturated heterocycles. The Balaban J connectivity index is 2.02. The molecule has 2 aromatic heterocycles. The fourth-order valence-electron chi connectivity index (χ4n) is 2.78. The van der Waals surface area contributed by atoms with Crippen molar-refractivity contribution >= 4 is 35.1 Å². The standard InChI is InChI=1S/C17H16ClN5O2/c1-9-12(21-10(2)15(9)14(24)3-4-18)7-11-16(22-23-17(11)25)13-8-19-5-6-20-13/h5-8,21H,3-4H2,1-2H3,(H,23,25)/b11-7+. The number of alkyl halides is 1. The van der Waals surface area contributed by atoms with Crippen molar-refractivity contribution in [2.45, 2.75) is 20.3 Å². The number of hydrogen-bond donors (Lipinski definition) is 2. The quantitative estimate of drug-likeness (QED) is 0.486. The first kappa shape index (κ1) is 17.0. The maximum atomic E-state index is 12.2. The van der Waals surface area contributed by atoms with Gasteiger partial charge in [-0.2, -0.15) is 5.10 Å². The monoisotopic (exact) mass is 357 g/mol. The molecule has 2 aromatic rings. The lowest BCUT2D eigenvalue weighted by molar-refractivity contribution is -0.116. The number of ketones is 1. The zero-order valence-corrected chi connectivity index (χ0v) is 14.5. The smallest absolute Gasteiger partial charge is 0.273 e. The first-order chi connectivity index (χ1) is 12.0. The van der Waals surface area contributed by atoms with Crippen molar-refractivity contribution in [3.05, 3.63) is 52.4 Å². The van der Waals surface area contributed by atoms with Crippen LogP contribution in [0.3, 0.4) is 0 Å². The molecule has 0 bridgehead atoms. The van der Waals surface area contributed by atoms with Crippen LogP contribution in [-0.2, 0) is 4.79 Å². The van der Waals surface area contributed by atoms with Gasteiger partial charge in [-0.1, -0.05) is 0 Å². The minimum absolute atomic E-state index is 0.0235. The summed E-state index contributed by atoms with van der Waals surface area (Å²) in [6.45, 7) is 3.66. The van der Waals surface area contributed by atoms with E-state index in [0.29, 0.717) is 28.2 Å². The van der Waals surface area contributed by atoms with Crippen LogP contribution in [0.4, 0.5) is 0 Å². The van der Waals surface area contributed by atoms with Gasteiger partial charge in [0, 0.05) is 41.6 Å². The minimum atomic E-state index is -0.332. The minimum Gasteiger partial charge on any atom is -0.358 e. The number of aryl methyl sites for hydroxylation is 1. The number of carbonyl (C=O) groups is 2. The highest BCUT2D eigenvalue weighted by Crippen LogP contribution is 2.24. The van der Waals surface area contributed by atoms with Crippen LogP contribution in [0, 0.1) is 13.8 Å². The number of aromatic amines is 1. The number of hydrazone groups is 1. The van der Waals surface area contributed by atoms with Gasteiger partial charge in [-0.15, -0.1) is 11.6 Å². The molecule has 3 rings (SSSR count). The lowest BCUT2D eigenvalue weighted by Gasteiger charge is -2.01. The van der Waals surface area contributed by atoms with Crippen molar-refractivity contribution in [3.63, 3.8) is 0 Å². The van der Waals surface area contributed by atoms with E-state index in [1.54, 1.807) is 12.3 Å². The van der Waals surface area contributed by atoms with Crippen molar-refractivity contribution in [3.8, 4) is 0 Å². The molecule has 1 amide bonds. The molecule has 0 radical (unpaired) electrons. The third kappa shape index (κ3) is 3.23. The lowest BCUT2D eigenvalue weighted by Crippen LogP contribution is -2.14. The molecular formula is C17H16ClN5O2. The fourth-order valence-corrected chi connectivity index (χ4v) is 2.95. The van der Waals surface area contributed by atoms with E-state index < -0.39 is 0 Å². The van der Waals surface area contributed by atoms with Gasteiger partial charge in [0.15, 0.2) is 5.78 Å².